The van der Waals surface area contributed by atoms with E-state index in [4.69, 9.17) is 4.74 Å². The van der Waals surface area contributed by atoms with Gasteiger partial charge in [-0.25, -0.2) is 4.79 Å². The average molecular weight is 354 g/mol. The van der Waals surface area contributed by atoms with Gasteiger partial charge in [-0.1, -0.05) is 20.8 Å². The Balaban J connectivity index is 2.19. The van der Waals surface area contributed by atoms with Gasteiger partial charge in [-0.3, -0.25) is 0 Å². The molecule has 2 heterocycles. The Hall–Kier alpha value is -1.14. The molecule has 136 valence electrons. The number of rotatable bonds is 3. The van der Waals surface area contributed by atoms with Crippen molar-refractivity contribution in [2.75, 3.05) is 6.61 Å². The number of carbonyl (C=O) groups is 1. The van der Waals surface area contributed by atoms with Gasteiger partial charge in [0.1, 0.15) is 0 Å². The highest BCUT2D eigenvalue weighted by Crippen LogP contribution is 2.19. The maximum absolute atomic E-state index is 12.3. The lowest BCUT2D eigenvalue weighted by molar-refractivity contribution is 0.00525. The van der Waals surface area contributed by atoms with E-state index in [2.05, 4.69) is 49.5 Å². The van der Waals surface area contributed by atoms with Crippen LogP contribution in [0.4, 0.5) is 4.79 Å². The van der Waals surface area contributed by atoms with Gasteiger partial charge in [-0.15, -0.1) is 11.3 Å². The number of nitrogens with one attached hydrogen (secondary N) is 1. The molecule has 1 unspecified atom stereocenters. The fraction of sp³-hybridized carbons (Fsp3) is 0.778. The zero-order valence-electron chi connectivity index (χ0n) is 15.8. The number of hydrogen-bond acceptors (Lipinski definition) is 3. The van der Waals surface area contributed by atoms with Gasteiger partial charge in [-0.05, 0) is 45.4 Å². The minimum atomic E-state index is -0.267. The highest BCUT2D eigenvalue weighted by molar-refractivity contribution is 7.09. The second-order valence-electron chi connectivity index (χ2n) is 7.77. The lowest BCUT2D eigenvalue weighted by Crippen LogP contribution is -2.41. The Labute approximate surface area is 149 Å². The van der Waals surface area contributed by atoms with Crippen molar-refractivity contribution < 1.29 is 9.53 Å². The van der Waals surface area contributed by atoms with Crippen LogP contribution >= 0.6 is 11.3 Å². The number of amides is 2. The van der Waals surface area contributed by atoms with Crippen LogP contribution in [0.15, 0.2) is 4.99 Å². The van der Waals surface area contributed by atoms with E-state index in [1.807, 2.05) is 6.92 Å². The molecule has 1 aromatic heterocycles. The average Bonchev–Trinajstić information content (AvgIpc) is 2.75. The van der Waals surface area contributed by atoms with Crippen molar-refractivity contribution in [1.29, 1.82) is 0 Å². The van der Waals surface area contributed by atoms with E-state index >= 15 is 0 Å². The molecule has 0 radical (unpaired) electrons. The van der Waals surface area contributed by atoms with Crippen LogP contribution in [-0.4, -0.2) is 29.4 Å². The molecular weight excluding hydrogens is 322 g/mol. The van der Waals surface area contributed by atoms with E-state index < -0.39 is 0 Å². The quantitative estimate of drug-likeness (QED) is 0.899. The van der Waals surface area contributed by atoms with Gasteiger partial charge in [0, 0.05) is 23.2 Å². The zero-order valence-corrected chi connectivity index (χ0v) is 16.6. The third kappa shape index (κ3) is 4.93. The molecule has 1 aliphatic heterocycles. The third-order valence-electron chi connectivity index (χ3n) is 4.89. The normalized spacial score (nSPS) is 20.9. The van der Waals surface area contributed by atoms with Crippen LogP contribution in [0.25, 0.3) is 0 Å². The lowest BCUT2D eigenvalue weighted by Gasteiger charge is -2.27. The second-order valence-corrected chi connectivity index (χ2v) is 8.96. The Bertz CT molecular complexity index is 634. The Kier molecular flexibility index (Phi) is 6.26. The minimum Gasteiger partial charge on any atom is -0.376 e. The Morgan fingerprint density at radius 1 is 1.42 bits per heavy atom. The van der Waals surface area contributed by atoms with Crippen molar-refractivity contribution in [3.8, 4) is 0 Å². The summed E-state index contributed by atoms with van der Waals surface area (Å²) in [5.74, 6) is 0. The van der Waals surface area contributed by atoms with Crippen LogP contribution in [0, 0.1) is 19.3 Å². The van der Waals surface area contributed by atoms with Crippen molar-refractivity contribution in [2.24, 2.45) is 10.4 Å². The van der Waals surface area contributed by atoms with Gasteiger partial charge in [0.15, 0.2) is 4.80 Å². The monoisotopic (exact) mass is 353 g/mol. The largest absolute Gasteiger partial charge is 0.376 e. The third-order valence-corrected chi connectivity index (χ3v) is 5.98. The fourth-order valence-electron chi connectivity index (χ4n) is 2.57. The molecule has 0 bridgehead atoms. The van der Waals surface area contributed by atoms with E-state index in [0.717, 1.165) is 30.8 Å². The zero-order chi connectivity index (χ0) is 17.9. The first-order valence-corrected chi connectivity index (χ1v) is 9.64. The smallest absolute Gasteiger partial charge is 0.343 e. The van der Waals surface area contributed by atoms with Gasteiger partial charge < -0.3 is 14.6 Å². The maximum Gasteiger partial charge on any atom is 0.343 e. The molecule has 1 aliphatic rings. The molecule has 5 nitrogen and oxygen atoms in total. The Morgan fingerprint density at radius 3 is 2.71 bits per heavy atom. The molecule has 0 spiro atoms. The van der Waals surface area contributed by atoms with E-state index in [-0.39, 0.29) is 23.6 Å². The molecule has 1 saturated heterocycles. The highest BCUT2D eigenvalue weighted by atomic mass is 32.1. The number of ether oxygens (including phenoxy) is 1. The van der Waals surface area contributed by atoms with Crippen LogP contribution < -0.4 is 10.1 Å². The summed E-state index contributed by atoms with van der Waals surface area (Å²) in [5, 5.41) is 2.98. The number of hydrogen-bond donors (Lipinski definition) is 1. The summed E-state index contributed by atoms with van der Waals surface area (Å²) in [5.41, 5.74) is 1.18. The summed E-state index contributed by atoms with van der Waals surface area (Å²) in [6, 6.07) is -0.206. The van der Waals surface area contributed by atoms with Crippen molar-refractivity contribution in [3.05, 3.63) is 15.4 Å². The summed E-state index contributed by atoms with van der Waals surface area (Å²) in [6.07, 6.45) is 3.66. The topological polar surface area (TPSA) is 55.6 Å². The Morgan fingerprint density at radius 2 is 2.12 bits per heavy atom. The lowest BCUT2D eigenvalue weighted by atomic mass is 9.88. The maximum atomic E-state index is 12.3. The standard InChI is InChI=1S/C18H31N3O2S/c1-12-13(2)24-17(20-16(22)19-14(3)18(4,5)6)21(12)11-15-9-7-8-10-23-15/h14-15H,7-11H2,1-6H3,(H,19,22)/b20-17-/t14-,15?/m1/s1. The molecule has 2 rings (SSSR count). The van der Waals surface area contributed by atoms with Crippen molar-refractivity contribution >= 4 is 17.4 Å². The molecule has 2 amide bonds. The van der Waals surface area contributed by atoms with Crippen LogP contribution in [0.5, 0.6) is 0 Å². The minimum absolute atomic E-state index is 0.0123. The van der Waals surface area contributed by atoms with Gasteiger partial charge in [0.05, 0.1) is 12.6 Å². The molecule has 2 atom stereocenters. The molecule has 1 aromatic rings. The molecule has 24 heavy (non-hydrogen) atoms. The van der Waals surface area contributed by atoms with Gasteiger partial charge in [-0.2, -0.15) is 4.99 Å². The number of carbonyl (C=O) groups excluding carboxylic acids is 1. The number of thiazole rings is 1. The molecule has 0 aliphatic carbocycles. The summed E-state index contributed by atoms with van der Waals surface area (Å²) >= 11 is 1.57. The number of urea groups is 1. The van der Waals surface area contributed by atoms with Crippen LogP contribution in [0.1, 0.15) is 57.5 Å². The van der Waals surface area contributed by atoms with Crippen molar-refractivity contribution in [3.63, 3.8) is 0 Å². The van der Waals surface area contributed by atoms with Gasteiger partial charge >= 0.3 is 6.03 Å². The van der Waals surface area contributed by atoms with Crippen molar-refractivity contribution in [2.45, 2.75) is 79.5 Å². The molecule has 6 heteroatoms. The number of aromatic nitrogens is 1. The molecule has 0 aromatic carbocycles. The fourth-order valence-corrected chi connectivity index (χ4v) is 3.56. The van der Waals surface area contributed by atoms with E-state index in [1.165, 1.54) is 17.0 Å². The molecule has 1 fully saturated rings. The first-order valence-electron chi connectivity index (χ1n) is 8.82. The van der Waals surface area contributed by atoms with Gasteiger partial charge in [0.25, 0.3) is 0 Å². The summed E-state index contributed by atoms with van der Waals surface area (Å²) in [6.45, 7) is 14.1. The molecular formula is C18H31N3O2S. The number of aryl methyl sites for hydroxylation is 1. The SMILES string of the molecule is Cc1s/c(=N\C(=O)N[C@H](C)C(C)(C)C)n(CC2CCCCO2)c1C. The highest BCUT2D eigenvalue weighted by Gasteiger charge is 2.22. The van der Waals surface area contributed by atoms with Crippen LogP contribution in [-0.2, 0) is 11.3 Å². The van der Waals surface area contributed by atoms with E-state index in [0.29, 0.717) is 0 Å². The second kappa shape index (κ2) is 7.83. The van der Waals surface area contributed by atoms with Gasteiger partial charge in [0.2, 0.25) is 0 Å². The molecule has 0 saturated carbocycles. The van der Waals surface area contributed by atoms with E-state index in [9.17, 15) is 4.79 Å². The molecule has 1 N–H and O–H groups in total. The summed E-state index contributed by atoms with van der Waals surface area (Å²) in [7, 11) is 0. The predicted octanol–water partition coefficient (Wildman–Crippen LogP) is 3.78. The van der Waals surface area contributed by atoms with Crippen LogP contribution in [0.2, 0.25) is 0 Å². The predicted molar refractivity (Wildman–Crippen MR) is 98.4 cm³/mol. The van der Waals surface area contributed by atoms with Crippen LogP contribution in [0.3, 0.4) is 0 Å². The van der Waals surface area contributed by atoms with E-state index in [1.54, 1.807) is 11.3 Å². The number of nitrogens with zero attached hydrogens (tertiary/aromatic N) is 2. The summed E-state index contributed by atoms with van der Waals surface area (Å²) in [4.78, 5) is 18.6. The van der Waals surface area contributed by atoms with Crippen molar-refractivity contribution in [1.82, 2.24) is 9.88 Å². The summed E-state index contributed by atoms with van der Waals surface area (Å²) < 4.78 is 7.99. The first kappa shape index (κ1) is 19.2. The first-order chi connectivity index (χ1) is 11.2.